The van der Waals surface area contributed by atoms with Crippen molar-refractivity contribution in [1.82, 2.24) is 9.88 Å². The van der Waals surface area contributed by atoms with Crippen LogP contribution in [0, 0.1) is 0 Å². The lowest BCUT2D eigenvalue weighted by Crippen LogP contribution is -2.44. The molecule has 1 aliphatic rings. The van der Waals surface area contributed by atoms with Crippen molar-refractivity contribution in [3.63, 3.8) is 0 Å². The molecule has 2 N–H and O–H groups in total. The summed E-state index contributed by atoms with van der Waals surface area (Å²) in [7, 11) is 0. The normalized spacial score (nSPS) is 25.7. The Morgan fingerprint density at radius 1 is 1.39 bits per heavy atom. The average Bonchev–Trinajstić information content (AvgIpc) is 2.60. The average molecular weight is 377 g/mol. The predicted molar refractivity (Wildman–Crippen MR) is 81.4 cm³/mol. The third-order valence-corrected chi connectivity index (χ3v) is 4.49. The first-order valence-corrected chi connectivity index (χ1v) is 7.72. The third-order valence-electron chi connectivity index (χ3n) is 3.42. The standard InChI is InChI=1S/C13H19Br2N3/c1-13(2,3)18-5-4-10(16)12(18)11-9(15)6-8(14)7-17-11/h6-7,10,12H,4-5,16H2,1-3H3. The molecule has 0 bridgehead atoms. The largest absolute Gasteiger partial charge is 0.326 e. The van der Waals surface area contributed by atoms with E-state index in [-0.39, 0.29) is 17.6 Å². The van der Waals surface area contributed by atoms with Gasteiger partial charge in [-0.05, 0) is 65.1 Å². The van der Waals surface area contributed by atoms with Crippen molar-refractivity contribution >= 4 is 31.9 Å². The quantitative estimate of drug-likeness (QED) is 0.815. The van der Waals surface area contributed by atoms with Gasteiger partial charge in [-0.3, -0.25) is 9.88 Å². The molecule has 2 rings (SSSR count). The number of nitrogens with zero attached hydrogens (tertiary/aromatic N) is 2. The molecule has 0 saturated carbocycles. The van der Waals surface area contributed by atoms with Crippen LogP contribution < -0.4 is 5.73 Å². The van der Waals surface area contributed by atoms with E-state index in [4.69, 9.17) is 5.73 Å². The molecule has 1 saturated heterocycles. The van der Waals surface area contributed by atoms with Crippen molar-refractivity contribution in [2.75, 3.05) is 6.54 Å². The molecular formula is C13H19Br2N3. The van der Waals surface area contributed by atoms with Crippen LogP contribution in [-0.2, 0) is 0 Å². The van der Waals surface area contributed by atoms with Gasteiger partial charge in [-0.25, -0.2) is 0 Å². The van der Waals surface area contributed by atoms with Crippen molar-refractivity contribution in [3.05, 3.63) is 26.9 Å². The molecule has 100 valence electrons. The van der Waals surface area contributed by atoms with E-state index in [2.05, 4.69) is 62.5 Å². The highest BCUT2D eigenvalue weighted by Gasteiger charge is 2.40. The molecule has 0 aromatic carbocycles. The highest BCUT2D eigenvalue weighted by molar-refractivity contribution is 9.11. The van der Waals surface area contributed by atoms with Crippen LogP contribution in [0.5, 0.6) is 0 Å². The van der Waals surface area contributed by atoms with Gasteiger partial charge >= 0.3 is 0 Å². The van der Waals surface area contributed by atoms with Crippen molar-refractivity contribution in [1.29, 1.82) is 0 Å². The Morgan fingerprint density at radius 2 is 2.06 bits per heavy atom. The lowest BCUT2D eigenvalue weighted by Gasteiger charge is -2.38. The Labute approximate surface area is 125 Å². The fourth-order valence-electron chi connectivity index (χ4n) is 2.56. The molecule has 0 amide bonds. The maximum Gasteiger partial charge on any atom is 0.0733 e. The molecule has 3 nitrogen and oxygen atoms in total. The number of rotatable bonds is 1. The second-order valence-corrected chi connectivity index (χ2v) is 7.55. The molecule has 0 radical (unpaired) electrons. The van der Waals surface area contributed by atoms with E-state index in [0.717, 1.165) is 27.6 Å². The highest BCUT2D eigenvalue weighted by Crippen LogP contribution is 2.38. The van der Waals surface area contributed by atoms with Crippen LogP contribution in [0.1, 0.15) is 38.9 Å². The number of hydrogen-bond donors (Lipinski definition) is 1. The Bertz CT molecular complexity index is 442. The Morgan fingerprint density at radius 3 is 2.61 bits per heavy atom. The minimum atomic E-state index is 0.104. The summed E-state index contributed by atoms with van der Waals surface area (Å²) in [5, 5.41) is 0. The van der Waals surface area contributed by atoms with Crippen LogP contribution in [-0.4, -0.2) is 28.0 Å². The summed E-state index contributed by atoms with van der Waals surface area (Å²) >= 11 is 7.04. The maximum atomic E-state index is 6.29. The monoisotopic (exact) mass is 375 g/mol. The van der Waals surface area contributed by atoms with Crippen molar-refractivity contribution in [2.24, 2.45) is 5.73 Å². The lowest BCUT2D eigenvalue weighted by atomic mass is 10.0. The van der Waals surface area contributed by atoms with E-state index < -0.39 is 0 Å². The van der Waals surface area contributed by atoms with E-state index in [0.29, 0.717) is 0 Å². The molecule has 1 aromatic heterocycles. The Hall–Kier alpha value is 0.0300. The number of nitrogens with two attached hydrogens (primary N) is 1. The second kappa shape index (κ2) is 5.19. The fraction of sp³-hybridized carbons (Fsp3) is 0.615. The van der Waals surface area contributed by atoms with Crippen LogP contribution >= 0.6 is 31.9 Å². The molecule has 5 heteroatoms. The molecule has 18 heavy (non-hydrogen) atoms. The number of likely N-dealkylation sites (tertiary alicyclic amines) is 1. The van der Waals surface area contributed by atoms with Crippen molar-refractivity contribution in [3.8, 4) is 0 Å². The van der Waals surface area contributed by atoms with Gasteiger partial charge in [0.1, 0.15) is 0 Å². The summed E-state index contributed by atoms with van der Waals surface area (Å²) in [5.41, 5.74) is 7.43. The van der Waals surface area contributed by atoms with Gasteiger partial charge in [0.2, 0.25) is 0 Å². The van der Waals surface area contributed by atoms with E-state index in [1.807, 2.05) is 12.3 Å². The minimum absolute atomic E-state index is 0.104. The van der Waals surface area contributed by atoms with Crippen LogP contribution in [0.25, 0.3) is 0 Å². The summed E-state index contributed by atoms with van der Waals surface area (Å²) < 4.78 is 2.00. The van der Waals surface area contributed by atoms with Crippen LogP contribution in [0.4, 0.5) is 0 Å². The number of halogens is 2. The Balaban J connectivity index is 2.40. The minimum Gasteiger partial charge on any atom is -0.326 e. The molecule has 1 fully saturated rings. The lowest BCUT2D eigenvalue weighted by molar-refractivity contribution is 0.114. The predicted octanol–water partition coefficient (Wildman–Crippen LogP) is 3.48. The zero-order valence-corrected chi connectivity index (χ0v) is 14.1. The van der Waals surface area contributed by atoms with E-state index in [9.17, 15) is 0 Å². The summed E-state index contributed by atoms with van der Waals surface area (Å²) in [6.07, 6.45) is 2.86. The van der Waals surface area contributed by atoms with Crippen molar-refractivity contribution in [2.45, 2.75) is 44.8 Å². The molecule has 0 spiro atoms. The van der Waals surface area contributed by atoms with Gasteiger partial charge in [0, 0.05) is 33.3 Å². The number of aromatic nitrogens is 1. The molecule has 2 heterocycles. The fourth-order valence-corrected chi connectivity index (χ4v) is 3.78. The second-order valence-electron chi connectivity index (χ2n) is 5.78. The molecule has 1 aromatic rings. The molecule has 0 aliphatic carbocycles. The van der Waals surface area contributed by atoms with E-state index in [1.165, 1.54) is 0 Å². The zero-order chi connectivity index (χ0) is 13.5. The first kappa shape index (κ1) is 14.4. The van der Waals surface area contributed by atoms with Gasteiger partial charge in [0.25, 0.3) is 0 Å². The number of pyridine rings is 1. The summed E-state index contributed by atoms with van der Waals surface area (Å²) in [6.45, 7) is 7.71. The van der Waals surface area contributed by atoms with E-state index >= 15 is 0 Å². The van der Waals surface area contributed by atoms with Gasteiger partial charge in [0.05, 0.1) is 11.7 Å². The van der Waals surface area contributed by atoms with Gasteiger partial charge in [-0.15, -0.1) is 0 Å². The molecular weight excluding hydrogens is 358 g/mol. The molecule has 2 unspecified atom stereocenters. The SMILES string of the molecule is CC(C)(C)N1CCC(N)C1c1ncc(Br)cc1Br. The van der Waals surface area contributed by atoms with Crippen LogP contribution in [0.2, 0.25) is 0 Å². The third kappa shape index (κ3) is 2.79. The van der Waals surface area contributed by atoms with Crippen LogP contribution in [0.3, 0.4) is 0 Å². The van der Waals surface area contributed by atoms with Gasteiger partial charge in [0.15, 0.2) is 0 Å². The topological polar surface area (TPSA) is 42.1 Å². The molecule has 2 atom stereocenters. The first-order chi connectivity index (χ1) is 8.30. The molecule has 1 aliphatic heterocycles. The smallest absolute Gasteiger partial charge is 0.0733 e. The van der Waals surface area contributed by atoms with Gasteiger partial charge in [-0.2, -0.15) is 0 Å². The van der Waals surface area contributed by atoms with Crippen LogP contribution in [0.15, 0.2) is 21.2 Å². The van der Waals surface area contributed by atoms with E-state index in [1.54, 1.807) is 0 Å². The zero-order valence-electron chi connectivity index (χ0n) is 11.0. The summed E-state index contributed by atoms with van der Waals surface area (Å²) in [5.74, 6) is 0. The van der Waals surface area contributed by atoms with Gasteiger partial charge in [-0.1, -0.05) is 0 Å². The highest BCUT2D eigenvalue weighted by atomic mass is 79.9. The van der Waals surface area contributed by atoms with Crippen molar-refractivity contribution < 1.29 is 0 Å². The Kier molecular flexibility index (Phi) is 4.17. The van der Waals surface area contributed by atoms with Gasteiger partial charge < -0.3 is 5.73 Å². The first-order valence-electron chi connectivity index (χ1n) is 6.14. The summed E-state index contributed by atoms with van der Waals surface area (Å²) in [6, 6.07) is 2.37. The number of hydrogen-bond acceptors (Lipinski definition) is 3. The summed E-state index contributed by atoms with van der Waals surface area (Å²) in [4.78, 5) is 7.00. The maximum absolute atomic E-state index is 6.29.